The first-order valence-electron chi connectivity index (χ1n) is 9.96. The number of carbonyl (C=O) groups is 1. The van der Waals surface area contributed by atoms with Crippen molar-refractivity contribution in [3.05, 3.63) is 29.1 Å². The second kappa shape index (κ2) is 7.65. The SMILES string of the molecule is CC(C)C[C@H](N)[C@](O)(Cc1nccc2c1C[C@@H](CCC1CC1)C2)C(=O)O. The highest BCUT2D eigenvalue weighted by Gasteiger charge is 2.44. The molecule has 144 valence electrons. The third-order valence-corrected chi connectivity index (χ3v) is 6.07. The molecule has 0 amide bonds. The monoisotopic (exact) mass is 360 g/mol. The lowest BCUT2D eigenvalue weighted by atomic mass is 9.83. The minimum absolute atomic E-state index is 0.0191. The molecule has 1 heterocycles. The Balaban J connectivity index is 1.75. The Kier molecular flexibility index (Phi) is 5.68. The number of aromatic nitrogens is 1. The Morgan fingerprint density at radius 3 is 2.62 bits per heavy atom. The molecule has 1 aromatic heterocycles. The maximum absolute atomic E-state index is 11.8. The van der Waals surface area contributed by atoms with Crippen molar-refractivity contribution in [3.63, 3.8) is 0 Å². The predicted octanol–water partition coefficient (Wildman–Crippen LogP) is 2.72. The molecule has 5 nitrogen and oxygen atoms in total. The fraction of sp³-hybridized carbons (Fsp3) is 0.714. The normalized spacial score (nSPS) is 22.9. The average molecular weight is 360 g/mol. The third kappa shape index (κ3) is 4.26. The van der Waals surface area contributed by atoms with E-state index in [0.29, 0.717) is 18.0 Å². The van der Waals surface area contributed by atoms with E-state index < -0.39 is 17.6 Å². The van der Waals surface area contributed by atoms with E-state index in [-0.39, 0.29) is 12.3 Å². The van der Waals surface area contributed by atoms with Crippen molar-refractivity contribution >= 4 is 5.97 Å². The lowest BCUT2D eigenvalue weighted by molar-refractivity contribution is -0.161. The van der Waals surface area contributed by atoms with Gasteiger partial charge in [-0.1, -0.05) is 33.1 Å². The van der Waals surface area contributed by atoms with Crippen molar-refractivity contribution in [3.8, 4) is 0 Å². The molecule has 1 aromatic rings. The minimum Gasteiger partial charge on any atom is -0.479 e. The Bertz CT molecular complexity index is 657. The Morgan fingerprint density at radius 2 is 2.00 bits per heavy atom. The number of aliphatic hydroxyl groups is 1. The van der Waals surface area contributed by atoms with Crippen LogP contribution in [0.25, 0.3) is 0 Å². The molecule has 26 heavy (non-hydrogen) atoms. The maximum Gasteiger partial charge on any atom is 0.337 e. The molecule has 0 radical (unpaired) electrons. The van der Waals surface area contributed by atoms with Crippen LogP contribution in [0.2, 0.25) is 0 Å². The highest BCUT2D eigenvalue weighted by Crippen LogP contribution is 2.38. The number of hydrogen-bond acceptors (Lipinski definition) is 4. The summed E-state index contributed by atoms with van der Waals surface area (Å²) in [4.78, 5) is 16.3. The highest BCUT2D eigenvalue weighted by atomic mass is 16.4. The van der Waals surface area contributed by atoms with Crippen molar-refractivity contribution in [1.29, 1.82) is 0 Å². The van der Waals surface area contributed by atoms with E-state index in [0.717, 1.165) is 24.3 Å². The van der Waals surface area contributed by atoms with E-state index in [1.807, 2.05) is 19.9 Å². The van der Waals surface area contributed by atoms with E-state index in [9.17, 15) is 15.0 Å². The standard InChI is InChI=1S/C21H32N2O3/c1-13(2)9-19(22)21(26,20(24)25)12-18-17-11-15(6-5-14-3-4-14)10-16(17)7-8-23-18/h7-8,13-15,19,26H,3-6,9-12,22H2,1-2H3,(H,24,25)/t15-,19-,21+/m0/s1. The quantitative estimate of drug-likeness (QED) is 0.629. The second-order valence-electron chi connectivity index (χ2n) is 8.83. The molecule has 3 atom stereocenters. The van der Waals surface area contributed by atoms with Crippen LogP contribution < -0.4 is 5.73 Å². The van der Waals surface area contributed by atoms with E-state index in [4.69, 9.17) is 5.73 Å². The maximum atomic E-state index is 11.8. The number of aliphatic carboxylic acids is 1. The van der Waals surface area contributed by atoms with E-state index in [2.05, 4.69) is 4.98 Å². The fourth-order valence-electron chi connectivity index (χ4n) is 4.25. The summed E-state index contributed by atoms with van der Waals surface area (Å²) in [6, 6.07) is 1.23. The van der Waals surface area contributed by atoms with Crippen LogP contribution in [0.15, 0.2) is 12.3 Å². The molecule has 3 rings (SSSR count). The summed E-state index contributed by atoms with van der Waals surface area (Å²) in [5.74, 6) is 0.517. The smallest absolute Gasteiger partial charge is 0.337 e. The van der Waals surface area contributed by atoms with Crippen LogP contribution in [-0.4, -0.2) is 32.8 Å². The van der Waals surface area contributed by atoms with Crippen LogP contribution in [0.1, 0.15) is 62.8 Å². The molecule has 2 aliphatic rings. The first-order valence-corrected chi connectivity index (χ1v) is 9.96. The van der Waals surface area contributed by atoms with Gasteiger partial charge in [0.15, 0.2) is 5.60 Å². The first kappa shape index (κ1) is 19.3. The Hall–Kier alpha value is -1.46. The Morgan fingerprint density at radius 1 is 1.31 bits per heavy atom. The molecule has 1 saturated carbocycles. The molecule has 2 aliphatic carbocycles. The lowest BCUT2D eigenvalue weighted by Crippen LogP contribution is -2.56. The van der Waals surface area contributed by atoms with Gasteiger partial charge in [-0.25, -0.2) is 4.79 Å². The van der Waals surface area contributed by atoms with Crippen LogP contribution in [-0.2, 0) is 24.1 Å². The zero-order valence-corrected chi connectivity index (χ0v) is 15.9. The molecule has 1 fully saturated rings. The van der Waals surface area contributed by atoms with Crippen LogP contribution in [0.3, 0.4) is 0 Å². The van der Waals surface area contributed by atoms with Gasteiger partial charge in [0.2, 0.25) is 0 Å². The molecule has 0 aromatic carbocycles. The molecule has 0 saturated heterocycles. The number of nitrogens with zero attached hydrogens (tertiary/aromatic N) is 1. The average Bonchev–Trinajstić information content (AvgIpc) is 3.30. The second-order valence-corrected chi connectivity index (χ2v) is 8.83. The summed E-state index contributed by atoms with van der Waals surface area (Å²) in [7, 11) is 0. The number of hydrogen-bond donors (Lipinski definition) is 3. The number of pyridine rings is 1. The van der Waals surface area contributed by atoms with Gasteiger partial charge in [-0.15, -0.1) is 0 Å². The molecule has 0 aliphatic heterocycles. The number of rotatable bonds is 9. The van der Waals surface area contributed by atoms with Gasteiger partial charge < -0.3 is 15.9 Å². The third-order valence-electron chi connectivity index (χ3n) is 6.07. The van der Waals surface area contributed by atoms with Gasteiger partial charge in [0.05, 0.1) is 0 Å². The summed E-state index contributed by atoms with van der Waals surface area (Å²) >= 11 is 0. The minimum atomic E-state index is -1.97. The summed E-state index contributed by atoms with van der Waals surface area (Å²) < 4.78 is 0. The molecule has 0 bridgehead atoms. The lowest BCUT2D eigenvalue weighted by Gasteiger charge is -2.31. The topological polar surface area (TPSA) is 96.4 Å². The summed E-state index contributed by atoms with van der Waals surface area (Å²) in [5, 5.41) is 20.5. The number of nitrogens with two attached hydrogens (primary N) is 1. The molecular formula is C21H32N2O3. The highest BCUT2D eigenvalue weighted by molar-refractivity contribution is 5.78. The van der Waals surface area contributed by atoms with Crippen LogP contribution in [0.4, 0.5) is 0 Å². The fourth-order valence-corrected chi connectivity index (χ4v) is 4.25. The van der Waals surface area contributed by atoms with Gasteiger partial charge in [0.1, 0.15) is 0 Å². The van der Waals surface area contributed by atoms with Gasteiger partial charge in [-0.2, -0.15) is 0 Å². The van der Waals surface area contributed by atoms with Gasteiger partial charge in [-0.3, -0.25) is 4.98 Å². The molecule has 0 spiro atoms. The summed E-state index contributed by atoms with van der Waals surface area (Å²) in [6.07, 6.45) is 9.47. The van der Waals surface area contributed by atoms with E-state index >= 15 is 0 Å². The first-order chi connectivity index (χ1) is 12.3. The zero-order valence-electron chi connectivity index (χ0n) is 15.9. The van der Waals surface area contributed by atoms with Crippen LogP contribution >= 0.6 is 0 Å². The van der Waals surface area contributed by atoms with E-state index in [1.165, 1.54) is 31.2 Å². The predicted molar refractivity (Wildman–Crippen MR) is 101 cm³/mol. The van der Waals surface area contributed by atoms with E-state index in [1.54, 1.807) is 6.20 Å². The molecule has 0 unspecified atom stereocenters. The van der Waals surface area contributed by atoms with Crippen molar-refractivity contribution in [1.82, 2.24) is 4.98 Å². The number of carboxylic acids is 1. The van der Waals surface area contributed by atoms with Crippen LogP contribution in [0.5, 0.6) is 0 Å². The summed E-state index contributed by atoms with van der Waals surface area (Å²) in [6.45, 7) is 3.95. The van der Waals surface area contributed by atoms with Gasteiger partial charge >= 0.3 is 5.97 Å². The van der Waals surface area contributed by atoms with Crippen LogP contribution in [0, 0.1) is 17.8 Å². The van der Waals surface area contributed by atoms with Gasteiger partial charge in [0, 0.05) is 24.4 Å². The molecule has 4 N–H and O–H groups in total. The molecular weight excluding hydrogens is 328 g/mol. The van der Waals surface area contributed by atoms with Gasteiger partial charge in [-0.05, 0) is 60.6 Å². The van der Waals surface area contributed by atoms with Crippen molar-refractivity contribution < 1.29 is 15.0 Å². The molecule has 5 heteroatoms. The summed E-state index contributed by atoms with van der Waals surface area (Å²) in [5.41, 5.74) is 7.25. The van der Waals surface area contributed by atoms with Crippen molar-refractivity contribution in [2.24, 2.45) is 23.5 Å². The number of fused-ring (bicyclic) bond motifs is 1. The largest absolute Gasteiger partial charge is 0.479 e. The Labute approximate surface area is 156 Å². The zero-order chi connectivity index (χ0) is 18.9. The van der Waals surface area contributed by atoms with Crippen molar-refractivity contribution in [2.75, 3.05) is 0 Å². The number of carboxylic acid groups (broad SMARTS) is 1. The van der Waals surface area contributed by atoms with Crippen molar-refractivity contribution in [2.45, 2.75) is 76.9 Å². The van der Waals surface area contributed by atoms with Gasteiger partial charge in [0.25, 0.3) is 0 Å².